The maximum absolute atomic E-state index is 13.8. The van der Waals surface area contributed by atoms with Gasteiger partial charge in [0.05, 0.1) is 23.0 Å². The van der Waals surface area contributed by atoms with Crippen molar-refractivity contribution >= 4 is 11.6 Å². The Morgan fingerprint density at radius 2 is 2.22 bits per heavy atom. The molecule has 2 aromatic rings. The number of nitrogens with two attached hydrogens (primary N) is 1. The molecule has 6 heteroatoms. The Balaban J connectivity index is 2.24. The molecule has 0 bridgehead atoms. The fourth-order valence-electron chi connectivity index (χ4n) is 1.67. The zero-order chi connectivity index (χ0) is 13.0. The lowest BCUT2D eigenvalue weighted by Gasteiger charge is -2.15. The average molecular weight is 267 g/mol. The van der Waals surface area contributed by atoms with E-state index in [1.54, 1.807) is 30.7 Å². The summed E-state index contributed by atoms with van der Waals surface area (Å²) in [4.78, 5) is 8.09. The molecule has 94 valence electrons. The van der Waals surface area contributed by atoms with E-state index in [0.717, 1.165) is 0 Å². The molecule has 0 saturated carbocycles. The Labute approximate surface area is 109 Å². The van der Waals surface area contributed by atoms with Gasteiger partial charge in [0.1, 0.15) is 5.82 Å². The topological polar surface area (TPSA) is 63.8 Å². The molecule has 1 unspecified atom stereocenters. The van der Waals surface area contributed by atoms with E-state index in [1.807, 2.05) is 0 Å². The van der Waals surface area contributed by atoms with Crippen LogP contribution in [0.4, 0.5) is 4.39 Å². The van der Waals surface area contributed by atoms with Crippen molar-refractivity contribution in [1.82, 2.24) is 15.4 Å². The van der Waals surface area contributed by atoms with Crippen LogP contribution >= 0.6 is 11.6 Å². The molecular formula is C12H12ClFN4. The van der Waals surface area contributed by atoms with E-state index in [1.165, 1.54) is 6.07 Å². The summed E-state index contributed by atoms with van der Waals surface area (Å²) in [7, 11) is 0. The summed E-state index contributed by atoms with van der Waals surface area (Å²) < 4.78 is 13.8. The summed E-state index contributed by atoms with van der Waals surface area (Å²) >= 11 is 5.73. The van der Waals surface area contributed by atoms with Crippen LogP contribution in [-0.2, 0) is 6.42 Å². The minimum absolute atomic E-state index is 0.0995. The van der Waals surface area contributed by atoms with E-state index in [4.69, 9.17) is 17.4 Å². The minimum atomic E-state index is -0.427. The van der Waals surface area contributed by atoms with Crippen LogP contribution in [0.15, 0.2) is 36.8 Å². The summed E-state index contributed by atoms with van der Waals surface area (Å²) in [6, 6.07) is 4.56. The highest BCUT2D eigenvalue weighted by molar-refractivity contribution is 6.30. The van der Waals surface area contributed by atoms with Gasteiger partial charge in [-0.3, -0.25) is 21.2 Å². The van der Waals surface area contributed by atoms with E-state index in [-0.39, 0.29) is 11.1 Å². The molecule has 2 rings (SSSR count). The highest BCUT2D eigenvalue weighted by Gasteiger charge is 2.15. The molecule has 18 heavy (non-hydrogen) atoms. The highest BCUT2D eigenvalue weighted by Crippen LogP contribution is 2.22. The molecule has 0 fully saturated rings. The first kappa shape index (κ1) is 12.9. The number of hydrogen-bond acceptors (Lipinski definition) is 4. The highest BCUT2D eigenvalue weighted by atomic mass is 35.5. The standard InChI is InChI=1S/C12H12ClFN4/c13-9-3-1-2-8(12(9)14)6-10(18-15)11-7-16-4-5-17-11/h1-5,7,10,18H,6,15H2. The van der Waals surface area contributed by atoms with Crippen LogP contribution < -0.4 is 11.3 Å². The monoisotopic (exact) mass is 266 g/mol. The van der Waals surface area contributed by atoms with Gasteiger partial charge in [0.15, 0.2) is 0 Å². The second kappa shape index (κ2) is 5.86. The molecule has 4 nitrogen and oxygen atoms in total. The second-order valence-electron chi connectivity index (χ2n) is 3.77. The molecule has 0 aliphatic rings. The molecule has 3 N–H and O–H groups in total. The Kier molecular flexibility index (Phi) is 4.19. The molecule has 0 aliphatic heterocycles. The van der Waals surface area contributed by atoms with Crippen LogP contribution in [0.25, 0.3) is 0 Å². The van der Waals surface area contributed by atoms with Gasteiger partial charge in [-0.1, -0.05) is 23.7 Å². The largest absolute Gasteiger partial charge is 0.271 e. The molecule has 0 radical (unpaired) electrons. The average Bonchev–Trinajstić information content (AvgIpc) is 2.41. The van der Waals surface area contributed by atoms with E-state index in [9.17, 15) is 4.39 Å². The first-order valence-electron chi connectivity index (χ1n) is 5.37. The fourth-order valence-corrected chi connectivity index (χ4v) is 1.86. The third kappa shape index (κ3) is 2.81. The quantitative estimate of drug-likeness (QED) is 0.656. The zero-order valence-electron chi connectivity index (χ0n) is 9.48. The van der Waals surface area contributed by atoms with Crippen LogP contribution in [0.1, 0.15) is 17.3 Å². The van der Waals surface area contributed by atoms with Gasteiger partial charge in [0, 0.05) is 12.4 Å². The minimum Gasteiger partial charge on any atom is -0.271 e. The van der Waals surface area contributed by atoms with Crippen molar-refractivity contribution in [3.05, 3.63) is 58.9 Å². The van der Waals surface area contributed by atoms with Crippen LogP contribution in [0.3, 0.4) is 0 Å². The lowest BCUT2D eigenvalue weighted by Crippen LogP contribution is -2.30. The predicted octanol–water partition coefficient (Wildman–Crippen LogP) is 2.02. The molecule has 1 aromatic carbocycles. The Morgan fingerprint density at radius 3 is 2.89 bits per heavy atom. The van der Waals surface area contributed by atoms with E-state index in [2.05, 4.69) is 15.4 Å². The molecule has 0 saturated heterocycles. The van der Waals surface area contributed by atoms with Crippen molar-refractivity contribution in [2.75, 3.05) is 0 Å². The first-order chi connectivity index (χ1) is 8.72. The summed E-state index contributed by atoms with van der Waals surface area (Å²) in [6.45, 7) is 0. The number of aromatic nitrogens is 2. The maximum atomic E-state index is 13.8. The van der Waals surface area contributed by atoms with Gasteiger partial charge in [-0.2, -0.15) is 0 Å². The Bertz CT molecular complexity index is 521. The smallest absolute Gasteiger partial charge is 0.145 e. The third-order valence-electron chi connectivity index (χ3n) is 2.60. The predicted molar refractivity (Wildman–Crippen MR) is 67.2 cm³/mol. The van der Waals surface area contributed by atoms with Gasteiger partial charge in [-0.15, -0.1) is 0 Å². The van der Waals surface area contributed by atoms with Crippen molar-refractivity contribution in [3.8, 4) is 0 Å². The number of nitrogens with zero attached hydrogens (tertiary/aromatic N) is 2. The molecule has 0 aliphatic carbocycles. The number of nitrogens with one attached hydrogen (secondary N) is 1. The van der Waals surface area contributed by atoms with Crippen molar-refractivity contribution < 1.29 is 4.39 Å². The zero-order valence-corrected chi connectivity index (χ0v) is 10.2. The van der Waals surface area contributed by atoms with Crippen molar-refractivity contribution in [2.45, 2.75) is 12.5 Å². The SMILES string of the molecule is NNC(Cc1cccc(Cl)c1F)c1cnccn1. The number of hydrogen-bond donors (Lipinski definition) is 2. The van der Waals surface area contributed by atoms with Crippen LogP contribution in [0.2, 0.25) is 5.02 Å². The maximum Gasteiger partial charge on any atom is 0.145 e. The van der Waals surface area contributed by atoms with Gasteiger partial charge in [-0.05, 0) is 18.1 Å². The summed E-state index contributed by atoms with van der Waals surface area (Å²) in [5.74, 6) is 5.04. The molecule has 0 amide bonds. The number of hydrazine groups is 1. The van der Waals surface area contributed by atoms with Gasteiger partial charge in [-0.25, -0.2) is 4.39 Å². The van der Waals surface area contributed by atoms with Gasteiger partial charge in [0.2, 0.25) is 0 Å². The number of benzene rings is 1. The third-order valence-corrected chi connectivity index (χ3v) is 2.89. The summed E-state index contributed by atoms with van der Waals surface area (Å²) in [5, 5.41) is 0.0995. The number of rotatable bonds is 4. The van der Waals surface area contributed by atoms with Crippen LogP contribution in [0, 0.1) is 5.82 Å². The lowest BCUT2D eigenvalue weighted by molar-refractivity contribution is 0.517. The second-order valence-corrected chi connectivity index (χ2v) is 4.17. The van der Waals surface area contributed by atoms with Gasteiger partial charge < -0.3 is 0 Å². The Hall–Kier alpha value is -1.56. The normalized spacial score (nSPS) is 12.4. The van der Waals surface area contributed by atoms with E-state index >= 15 is 0 Å². The lowest BCUT2D eigenvalue weighted by atomic mass is 10.0. The molecule has 0 spiro atoms. The van der Waals surface area contributed by atoms with Crippen molar-refractivity contribution in [2.24, 2.45) is 5.84 Å². The fraction of sp³-hybridized carbons (Fsp3) is 0.167. The molecule has 1 atom stereocenters. The Morgan fingerprint density at radius 1 is 1.39 bits per heavy atom. The number of halogens is 2. The molecule has 1 aromatic heterocycles. The van der Waals surface area contributed by atoms with Crippen LogP contribution in [0.5, 0.6) is 0 Å². The van der Waals surface area contributed by atoms with Crippen LogP contribution in [-0.4, -0.2) is 9.97 Å². The molecular weight excluding hydrogens is 255 g/mol. The van der Waals surface area contributed by atoms with E-state index < -0.39 is 5.82 Å². The van der Waals surface area contributed by atoms with E-state index in [0.29, 0.717) is 17.7 Å². The summed E-state index contributed by atoms with van der Waals surface area (Å²) in [5.41, 5.74) is 3.74. The summed E-state index contributed by atoms with van der Waals surface area (Å²) in [6.07, 6.45) is 5.07. The van der Waals surface area contributed by atoms with Crippen molar-refractivity contribution in [3.63, 3.8) is 0 Å². The first-order valence-corrected chi connectivity index (χ1v) is 5.75. The molecule has 1 heterocycles. The van der Waals surface area contributed by atoms with Crippen molar-refractivity contribution in [1.29, 1.82) is 0 Å². The van der Waals surface area contributed by atoms with Gasteiger partial charge >= 0.3 is 0 Å². The van der Waals surface area contributed by atoms with Gasteiger partial charge in [0.25, 0.3) is 0 Å².